The van der Waals surface area contributed by atoms with E-state index in [1.54, 1.807) is 46.3 Å². The maximum atomic E-state index is 11.7. The molecule has 4 rings (SSSR count). The molecule has 200 valence electrons. The van der Waals surface area contributed by atoms with Crippen LogP contribution in [-0.2, 0) is 16.0 Å². The molecule has 0 bridgehead atoms. The minimum Gasteiger partial charge on any atom is -0.478 e. The molecule has 0 aliphatic heterocycles. The average molecular weight is 521 g/mol. The molecule has 0 radical (unpaired) electrons. The Morgan fingerprint density at radius 2 is 1.50 bits per heavy atom. The van der Waals surface area contributed by atoms with Gasteiger partial charge in [-0.15, -0.1) is 10.2 Å². The van der Waals surface area contributed by atoms with Crippen molar-refractivity contribution in [3.63, 3.8) is 0 Å². The van der Waals surface area contributed by atoms with Crippen molar-refractivity contribution in [2.24, 2.45) is 0 Å². The van der Waals surface area contributed by atoms with E-state index in [2.05, 4.69) is 24.0 Å². The average Bonchev–Trinajstić information content (AvgIpc) is 3.30. The van der Waals surface area contributed by atoms with E-state index in [1.165, 1.54) is 0 Å². The largest absolute Gasteiger partial charge is 0.478 e. The van der Waals surface area contributed by atoms with Crippen LogP contribution in [0, 0.1) is 0 Å². The first-order valence-corrected chi connectivity index (χ1v) is 12.3. The van der Waals surface area contributed by atoms with Gasteiger partial charge in [-0.05, 0) is 36.6 Å². The molecule has 10 nitrogen and oxygen atoms in total. The first kappa shape index (κ1) is 27.0. The zero-order valence-corrected chi connectivity index (χ0v) is 22.3. The summed E-state index contributed by atoms with van der Waals surface area (Å²) in [5.41, 5.74) is 3.87. The number of carboxylic acids is 1. The van der Waals surface area contributed by atoms with Crippen LogP contribution in [0.4, 0.5) is 0 Å². The number of ether oxygens (including phenoxy) is 4. The van der Waals surface area contributed by atoms with Crippen molar-refractivity contribution in [1.29, 1.82) is 0 Å². The molecular formula is C28H32N4O6. The van der Waals surface area contributed by atoms with E-state index in [0.717, 1.165) is 17.0 Å². The number of hydrogen-bond donors (Lipinski definition) is 1. The van der Waals surface area contributed by atoms with E-state index in [-0.39, 0.29) is 23.2 Å². The molecule has 38 heavy (non-hydrogen) atoms. The van der Waals surface area contributed by atoms with Gasteiger partial charge in [0.2, 0.25) is 0 Å². The van der Waals surface area contributed by atoms with Crippen molar-refractivity contribution in [2.75, 3.05) is 14.2 Å². The topological polar surface area (TPSA) is 118 Å². The normalized spacial score (nSPS) is 13.0. The molecule has 0 fully saturated rings. The summed E-state index contributed by atoms with van der Waals surface area (Å²) in [6, 6.07) is 14.7. The number of aromatic carboxylic acids is 1. The van der Waals surface area contributed by atoms with Gasteiger partial charge in [-0.3, -0.25) is 0 Å². The number of fused-ring (bicyclic) bond motifs is 1. The number of methoxy groups -OCH3 is 2. The van der Waals surface area contributed by atoms with Crippen LogP contribution >= 0.6 is 0 Å². The van der Waals surface area contributed by atoms with Crippen LogP contribution < -0.4 is 9.47 Å². The van der Waals surface area contributed by atoms with Gasteiger partial charge in [0.1, 0.15) is 11.3 Å². The third kappa shape index (κ3) is 5.61. The van der Waals surface area contributed by atoms with Crippen LogP contribution in [-0.4, -0.2) is 57.6 Å². The van der Waals surface area contributed by atoms with Crippen LogP contribution in [0.1, 0.15) is 55.4 Å². The molecule has 0 saturated carbocycles. The molecule has 4 aromatic rings. The monoisotopic (exact) mass is 520 g/mol. The van der Waals surface area contributed by atoms with Gasteiger partial charge in [0.05, 0.1) is 5.56 Å². The highest BCUT2D eigenvalue weighted by Gasteiger charge is 2.25. The van der Waals surface area contributed by atoms with Gasteiger partial charge in [0.25, 0.3) is 11.8 Å². The van der Waals surface area contributed by atoms with Crippen LogP contribution in [0.15, 0.2) is 48.5 Å². The van der Waals surface area contributed by atoms with Crippen LogP contribution in [0.2, 0.25) is 0 Å². The second-order valence-corrected chi connectivity index (χ2v) is 9.11. The molecular weight excluding hydrogens is 488 g/mol. The number of carbonyl (C=O) groups is 1. The smallest absolute Gasteiger partial charge is 0.336 e. The predicted octanol–water partition coefficient (Wildman–Crippen LogP) is 5.11. The fourth-order valence-electron chi connectivity index (χ4n) is 4.09. The summed E-state index contributed by atoms with van der Waals surface area (Å²) in [6.07, 6.45) is -1.11. The number of hydrogen-bond acceptors (Lipinski definition) is 8. The lowest BCUT2D eigenvalue weighted by atomic mass is 9.98. The molecule has 0 aliphatic carbocycles. The minimum absolute atomic E-state index is 0.0736. The van der Waals surface area contributed by atoms with Crippen LogP contribution in [0.25, 0.3) is 22.2 Å². The van der Waals surface area contributed by atoms with Gasteiger partial charge >= 0.3 is 5.97 Å². The van der Waals surface area contributed by atoms with Gasteiger partial charge < -0.3 is 28.6 Å². The Balaban J connectivity index is 1.80. The third-order valence-corrected chi connectivity index (χ3v) is 6.13. The summed E-state index contributed by atoms with van der Waals surface area (Å²) in [4.78, 5) is 16.6. The molecule has 0 saturated heterocycles. The van der Waals surface area contributed by atoms with E-state index in [4.69, 9.17) is 23.9 Å². The number of rotatable bonds is 11. The van der Waals surface area contributed by atoms with E-state index >= 15 is 0 Å². The maximum Gasteiger partial charge on any atom is 0.336 e. The second-order valence-electron chi connectivity index (χ2n) is 9.11. The Morgan fingerprint density at radius 1 is 0.895 bits per heavy atom. The summed E-state index contributed by atoms with van der Waals surface area (Å²) in [6.45, 7) is 8.10. The number of imidazole rings is 1. The van der Waals surface area contributed by atoms with Crippen molar-refractivity contribution >= 4 is 17.0 Å². The highest BCUT2D eigenvalue weighted by molar-refractivity contribution is 5.96. The molecule has 2 atom stereocenters. The summed E-state index contributed by atoms with van der Waals surface area (Å²) in [7, 11) is 3.09. The van der Waals surface area contributed by atoms with Crippen molar-refractivity contribution in [3.05, 3.63) is 65.5 Å². The Kier molecular flexibility index (Phi) is 8.23. The quantitative estimate of drug-likeness (QED) is 0.269. The summed E-state index contributed by atoms with van der Waals surface area (Å²) in [5, 5.41) is 18.1. The SMILES string of the molecule is COC(C)Oc1nnc(OC(C)OC)c2c1nc(C(C)C)n2Cc1ccc(-c2ccccc2C(=O)O)cc1. The molecule has 2 unspecified atom stereocenters. The van der Waals surface area contributed by atoms with E-state index in [9.17, 15) is 9.90 Å². The van der Waals surface area contributed by atoms with Gasteiger partial charge in [0, 0.05) is 26.7 Å². The lowest BCUT2D eigenvalue weighted by molar-refractivity contribution is -0.0445. The first-order chi connectivity index (χ1) is 18.2. The molecule has 1 N–H and O–H groups in total. The molecule has 2 aromatic heterocycles. The Bertz CT molecular complexity index is 1420. The zero-order valence-electron chi connectivity index (χ0n) is 22.3. The second kappa shape index (κ2) is 11.6. The van der Waals surface area contributed by atoms with Crippen molar-refractivity contribution in [2.45, 2.75) is 52.7 Å². The molecule has 2 heterocycles. The van der Waals surface area contributed by atoms with Gasteiger partial charge in [-0.1, -0.05) is 56.3 Å². The fourth-order valence-corrected chi connectivity index (χ4v) is 4.09. The van der Waals surface area contributed by atoms with Gasteiger partial charge in [-0.25, -0.2) is 9.78 Å². The zero-order chi connectivity index (χ0) is 27.4. The number of carboxylic acid groups (broad SMARTS) is 1. The lowest BCUT2D eigenvalue weighted by Gasteiger charge is -2.17. The summed E-state index contributed by atoms with van der Waals surface area (Å²) in [5.74, 6) is 0.437. The van der Waals surface area contributed by atoms with Gasteiger partial charge in [0.15, 0.2) is 18.1 Å². The Labute approximate surface area is 221 Å². The highest BCUT2D eigenvalue weighted by Crippen LogP contribution is 2.34. The Morgan fingerprint density at radius 3 is 2.11 bits per heavy atom. The highest BCUT2D eigenvalue weighted by atomic mass is 16.7. The standard InChI is InChI=1S/C28H32N4O6/c1-16(2)25-29-23-24(27(38-18(4)36-6)31-30-26(23)37-17(3)35-5)32(25)15-19-11-13-20(14-12-19)21-9-7-8-10-22(21)28(33)34/h7-14,16-18H,15H2,1-6H3,(H,33,34). The van der Waals surface area contributed by atoms with E-state index in [0.29, 0.717) is 23.1 Å². The van der Waals surface area contributed by atoms with Crippen molar-refractivity contribution < 1.29 is 28.8 Å². The van der Waals surface area contributed by atoms with E-state index < -0.39 is 18.5 Å². The number of aromatic nitrogens is 4. The minimum atomic E-state index is -0.962. The van der Waals surface area contributed by atoms with Crippen molar-refractivity contribution in [3.8, 4) is 22.9 Å². The van der Waals surface area contributed by atoms with Gasteiger partial charge in [-0.2, -0.15) is 0 Å². The lowest BCUT2D eigenvalue weighted by Crippen LogP contribution is -2.18. The Hall–Kier alpha value is -4.02. The summed E-state index contributed by atoms with van der Waals surface area (Å²) < 4.78 is 24.4. The fraction of sp³-hybridized carbons (Fsp3) is 0.357. The molecule has 10 heteroatoms. The predicted molar refractivity (Wildman–Crippen MR) is 142 cm³/mol. The maximum absolute atomic E-state index is 11.7. The van der Waals surface area contributed by atoms with Crippen molar-refractivity contribution in [1.82, 2.24) is 19.7 Å². The van der Waals surface area contributed by atoms with Crippen LogP contribution in [0.3, 0.4) is 0 Å². The molecule has 0 aliphatic rings. The molecule has 0 spiro atoms. The van der Waals surface area contributed by atoms with Crippen LogP contribution in [0.5, 0.6) is 11.8 Å². The first-order valence-electron chi connectivity index (χ1n) is 12.3. The number of nitrogens with zero attached hydrogens (tertiary/aromatic N) is 4. The molecule has 2 aromatic carbocycles. The summed E-state index contributed by atoms with van der Waals surface area (Å²) >= 11 is 0. The van der Waals surface area contributed by atoms with E-state index in [1.807, 2.05) is 34.9 Å². The third-order valence-electron chi connectivity index (χ3n) is 6.13. The number of benzene rings is 2. The molecule has 0 amide bonds.